The maximum Gasteiger partial charge on any atom is 0.339 e. The Hall–Kier alpha value is -4.49. The molecule has 0 N–H and O–H groups in total. The molecule has 5 rings (SSSR count). The third-order valence-corrected chi connectivity index (χ3v) is 10.2. The van der Waals surface area contributed by atoms with Gasteiger partial charge in [-0.2, -0.15) is 8.42 Å². The molecular formula is C31H25NO8S3. The Morgan fingerprint density at radius 2 is 1.05 bits per heavy atom. The molecular weight excluding hydrogens is 611 g/mol. The molecule has 5 aromatic rings. The van der Waals surface area contributed by atoms with Crippen molar-refractivity contribution >= 4 is 36.8 Å². The van der Waals surface area contributed by atoms with E-state index >= 15 is 0 Å². The summed E-state index contributed by atoms with van der Waals surface area (Å²) in [5.74, 6) is -0.701. The van der Waals surface area contributed by atoms with E-state index in [4.69, 9.17) is 4.18 Å². The molecule has 0 amide bonds. The normalized spacial score (nSPS) is 11.3. The predicted octanol–water partition coefficient (Wildman–Crippen LogP) is 6.36. The van der Waals surface area contributed by atoms with Crippen molar-refractivity contribution in [2.75, 3.05) is 0 Å². The second-order valence-electron chi connectivity index (χ2n) is 8.94. The van der Waals surface area contributed by atoms with Gasteiger partial charge in [-0.05, 0) is 67.6 Å². The average Bonchev–Trinajstić information content (AvgIpc) is 2.99. The first-order chi connectivity index (χ1) is 20.5. The van der Waals surface area contributed by atoms with Crippen molar-refractivity contribution in [3.63, 3.8) is 0 Å². The van der Waals surface area contributed by atoms with Gasteiger partial charge in [0.05, 0.1) is 20.7 Å². The van der Waals surface area contributed by atoms with Crippen LogP contribution in [0.5, 0.6) is 5.75 Å². The van der Waals surface area contributed by atoms with Crippen LogP contribution in [-0.2, 0) is 31.1 Å². The van der Waals surface area contributed by atoms with Gasteiger partial charge < -0.3 is 8.74 Å². The maximum atomic E-state index is 12.1. The smallest absolute Gasteiger partial charge is 0.339 e. The average molecular weight is 636 g/mol. The maximum absolute atomic E-state index is 12.1. The molecule has 9 nitrogen and oxygen atoms in total. The molecule has 5 aromatic carbocycles. The molecule has 0 spiro atoms. The lowest BCUT2D eigenvalue weighted by Crippen LogP contribution is -2.11. The zero-order chi connectivity index (χ0) is 31.0. The Balaban J connectivity index is 0.000000202. The van der Waals surface area contributed by atoms with Gasteiger partial charge in [-0.1, -0.05) is 72.3 Å². The van der Waals surface area contributed by atoms with E-state index in [0.717, 1.165) is 17.7 Å². The minimum Gasteiger partial charge on any atom is -0.744 e. The molecule has 12 heteroatoms. The van der Waals surface area contributed by atoms with E-state index in [9.17, 15) is 31.5 Å². The summed E-state index contributed by atoms with van der Waals surface area (Å²) >= 11 is 0. The van der Waals surface area contributed by atoms with E-state index in [1.165, 1.54) is 39.0 Å². The van der Waals surface area contributed by atoms with Gasteiger partial charge in [0, 0.05) is 6.07 Å². The van der Waals surface area contributed by atoms with Gasteiger partial charge in [-0.25, -0.2) is 8.42 Å². The van der Waals surface area contributed by atoms with Crippen LogP contribution in [0.15, 0.2) is 158 Å². The predicted molar refractivity (Wildman–Crippen MR) is 162 cm³/mol. The van der Waals surface area contributed by atoms with Gasteiger partial charge in [0.15, 0.2) is 14.7 Å². The first kappa shape index (κ1) is 31.4. The molecule has 0 heterocycles. The fourth-order valence-electron chi connectivity index (χ4n) is 3.82. The Labute approximate surface area is 252 Å². The van der Waals surface area contributed by atoms with E-state index in [1.807, 2.05) is 0 Å². The highest BCUT2D eigenvalue weighted by Crippen LogP contribution is 2.32. The summed E-state index contributed by atoms with van der Waals surface area (Å²) in [6.45, 7) is 1.74. The topological polar surface area (TPSA) is 144 Å². The standard InChI is InChI=1S/C18H15S.C13H11NO8S2/c1-4-10-16(11-5-1)19(17-12-6-2-7-13-17)18-14-8-3-9-15-18;1-9-2-4-10(5-3-9)24(20,21)22-13-7-6-11(23(17,18)19)8-12(13)14(15)16/h1-15H;2-8H,1H3,(H,17,18,19)/q+1;/p-1. The van der Waals surface area contributed by atoms with Crippen LogP contribution in [0.25, 0.3) is 0 Å². The van der Waals surface area contributed by atoms with Crippen LogP contribution < -0.4 is 4.18 Å². The third kappa shape index (κ3) is 8.30. The lowest BCUT2D eigenvalue weighted by molar-refractivity contribution is -0.385. The van der Waals surface area contributed by atoms with Gasteiger partial charge in [0.25, 0.3) is 0 Å². The monoisotopic (exact) mass is 635 g/mol. The first-order valence-corrected chi connectivity index (χ1v) is 16.6. The summed E-state index contributed by atoms with van der Waals surface area (Å²) in [5.41, 5.74) is -0.160. The van der Waals surface area contributed by atoms with E-state index < -0.39 is 41.5 Å². The number of benzene rings is 5. The lowest BCUT2D eigenvalue weighted by Gasteiger charge is -2.10. The van der Waals surface area contributed by atoms with E-state index in [0.29, 0.717) is 6.07 Å². The Bertz CT molecular complexity index is 1810. The number of hydrogen-bond acceptors (Lipinski definition) is 8. The van der Waals surface area contributed by atoms with Crippen molar-refractivity contribution in [3.05, 3.63) is 149 Å². The van der Waals surface area contributed by atoms with Crippen molar-refractivity contribution in [2.45, 2.75) is 31.4 Å². The summed E-state index contributed by atoms with van der Waals surface area (Å²) in [7, 11) is -9.32. The summed E-state index contributed by atoms with van der Waals surface area (Å²) < 4.78 is 61.8. The fourth-order valence-corrected chi connectivity index (χ4v) is 7.35. The van der Waals surface area contributed by atoms with E-state index in [-0.39, 0.29) is 15.8 Å². The van der Waals surface area contributed by atoms with Crippen LogP contribution in [0.4, 0.5) is 5.69 Å². The van der Waals surface area contributed by atoms with Gasteiger partial charge >= 0.3 is 15.8 Å². The van der Waals surface area contributed by atoms with E-state index in [2.05, 4.69) is 91.0 Å². The SMILES string of the molecule is Cc1ccc(S(=O)(=O)Oc2ccc(S(=O)(=O)[O-])cc2[N+](=O)[O-])cc1.c1ccc([S+](c2ccccc2)c2ccccc2)cc1. The number of nitrogens with zero attached hydrogens (tertiary/aromatic N) is 1. The first-order valence-electron chi connectivity index (χ1n) is 12.6. The molecule has 0 atom stereocenters. The Morgan fingerprint density at radius 1 is 0.628 bits per heavy atom. The summed E-state index contributed by atoms with van der Waals surface area (Å²) in [6.07, 6.45) is 0. The van der Waals surface area contributed by atoms with Gasteiger partial charge in [-0.3, -0.25) is 10.1 Å². The van der Waals surface area contributed by atoms with Crippen LogP contribution in [0, 0.1) is 17.0 Å². The van der Waals surface area contributed by atoms with Crippen molar-refractivity contribution < 1.29 is 30.5 Å². The third-order valence-electron chi connectivity index (χ3n) is 5.86. The number of nitro groups is 1. The molecule has 0 aliphatic carbocycles. The highest BCUT2D eigenvalue weighted by molar-refractivity contribution is 7.97. The summed E-state index contributed by atoms with van der Waals surface area (Å²) in [4.78, 5) is 12.9. The second kappa shape index (κ2) is 13.7. The van der Waals surface area contributed by atoms with Crippen LogP contribution in [0.2, 0.25) is 0 Å². The van der Waals surface area contributed by atoms with Crippen LogP contribution in [0.1, 0.15) is 5.56 Å². The Kier molecular flexibility index (Phi) is 9.99. The van der Waals surface area contributed by atoms with Crippen molar-refractivity contribution in [1.82, 2.24) is 0 Å². The van der Waals surface area contributed by atoms with Crippen molar-refractivity contribution in [3.8, 4) is 5.75 Å². The summed E-state index contributed by atoms with van der Waals surface area (Å²) in [5, 5.41) is 11.0. The van der Waals surface area contributed by atoms with Crippen LogP contribution in [-0.4, -0.2) is 26.3 Å². The number of aryl methyl sites for hydroxylation is 1. The van der Waals surface area contributed by atoms with Gasteiger partial charge in [0.1, 0.15) is 15.0 Å². The fraction of sp³-hybridized carbons (Fsp3) is 0.0323. The molecule has 0 bridgehead atoms. The number of hydrogen-bond donors (Lipinski definition) is 0. The zero-order valence-corrected chi connectivity index (χ0v) is 25.1. The molecule has 0 saturated heterocycles. The largest absolute Gasteiger partial charge is 0.744 e. The highest BCUT2D eigenvalue weighted by Gasteiger charge is 2.28. The molecule has 0 aliphatic rings. The zero-order valence-electron chi connectivity index (χ0n) is 22.6. The number of nitro benzene ring substituents is 1. The molecule has 0 fully saturated rings. The molecule has 0 aromatic heterocycles. The molecule has 0 aliphatic heterocycles. The van der Waals surface area contributed by atoms with Crippen molar-refractivity contribution in [1.29, 1.82) is 0 Å². The minimum absolute atomic E-state index is 0.0146. The van der Waals surface area contributed by atoms with Gasteiger partial charge in [-0.15, -0.1) is 0 Å². The molecule has 0 radical (unpaired) electrons. The molecule has 43 heavy (non-hydrogen) atoms. The Morgan fingerprint density at radius 3 is 1.44 bits per heavy atom. The molecule has 0 saturated carbocycles. The van der Waals surface area contributed by atoms with Crippen molar-refractivity contribution in [2.24, 2.45) is 0 Å². The number of rotatable bonds is 8. The second-order valence-corrected chi connectivity index (χ2v) is 13.9. The molecule has 0 unspecified atom stereocenters. The van der Waals surface area contributed by atoms with Gasteiger partial charge in [0.2, 0.25) is 5.75 Å². The quantitative estimate of drug-likeness (QED) is 0.0630. The lowest BCUT2D eigenvalue weighted by atomic mass is 10.2. The minimum atomic E-state index is -4.94. The van der Waals surface area contributed by atoms with E-state index in [1.54, 1.807) is 6.92 Å². The highest BCUT2D eigenvalue weighted by atomic mass is 32.2. The van der Waals surface area contributed by atoms with Crippen LogP contribution >= 0.6 is 0 Å². The molecule has 220 valence electrons. The summed E-state index contributed by atoms with van der Waals surface area (Å²) in [6, 6.07) is 39.6. The van der Waals surface area contributed by atoms with Crippen LogP contribution in [0.3, 0.4) is 0 Å².